The van der Waals surface area contributed by atoms with Gasteiger partial charge in [0.15, 0.2) is 0 Å². The van der Waals surface area contributed by atoms with E-state index in [1.165, 1.54) is 18.2 Å². The van der Waals surface area contributed by atoms with Crippen LogP contribution in [-0.4, -0.2) is 54.4 Å². The van der Waals surface area contributed by atoms with E-state index in [-0.39, 0.29) is 41.1 Å². The molecular formula is C17H22Cl2N4O4. The molecule has 0 spiro atoms. The third kappa shape index (κ3) is 4.88. The predicted molar refractivity (Wildman–Crippen MR) is 103 cm³/mol. The molecule has 27 heavy (non-hydrogen) atoms. The number of nitro groups is 1. The van der Waals surface area contributed by atoms with E-state index in [1.807, 2.05) is 0 Å². The summed E-state index contributed by atoms with van der Waals surface area (Å²) in [6.07, 6.45) is 1.90. The van der Waals surface area contributed by atoms with Crippen LogP contribution in [0.25, 0.3) is 0 Å². The van der Waals surface area contributed by atoms with E-state index < -0.39 is 10.8 Å². The van der Waals surface area contributed by atoms with Crippen molar-refractivity contribution < 1.29 is 14.5 Å². The molecule has 2 saturated heterocycles. The third-order valence-corrected chi connectivity index (χ3v) is 5.50. The smallest absolute Gasteiger partial charge is 0.283 e. The summed E-state index contributed by atoms with van der Waals surface area (Å²) in [4.78, 5) is 37.0. The number of rotatable bonds is 4. The Morgan fingerprint density at radius 1 is 1.26 bits per heavy atom. The number of fused-ring (bicyclic) bond motifs is 1. The normalized spacial score (nSPS) is 21.6. The van der Waals surface area contributed by atoms with Crippen LogP contribution < -0.4 is 10.6 Å². The van der Waals surface area contributed by atoms with E-state index in [1.54, 1.807) is 4.90 Å². The van der Waals surface area contributed by atoms with Crippen molar-refractivity contribution in [1.82, 2.24) is 15.5 Å². The standard InChI is InChI=1S/C17H21ClN4O4.ClH/c18-13-2-1-3-14(22(25)26)16(13)17(24)20-10-15(23)21-6-4-11-8-19-9-12(11)5-7-21;/h1-3,11-12,19H,4-10H2,(H,20,24);1H/t11-,12+;. The predicted octanol–water partition coefficient (Wildman–Crippen LogP) is 1.86. The highest BCUT2D eigenvalue weighted by molar-refractivity contribution is 6.34. The zero-order chi connectivity index (χ0) is 18.7. The molecule has 0 aromatic heterocycles. The first-order valence-corrected chi connectivity index (χ1v) is 9.04. The second kappa shape index (κ2) is 9.34. The Balaban J connectivity index is 0.00000261. The second-order valence-electron chi connectivity index (χ2n) is 6.71. The van der Waals surface area contributed by atoms with Crippen LogP contribution in [0, 0.1) is 22.0 Å². The van der Waals surface area contributed by atoms with Crippen molar-refractivity contribution in [3.8, 4) is 0 Å². The molecule has 8 nitrogen and oxygen atoms in total. The highest BCUT2D eigenvalue weighted by Gasteiger charge is 2.31. The van der Waals surface area contributed by atoms with Gasteiger partial charge in [0.05, 0.1) is 16.5 Å². The summed E-state index contributed by atoms with van der Waals surface area (Å²) in [7, 11) is 0. The van der Waals surface area contributed by atoms with Gasteiger partial charge in [-0.3, -0.25) is 19.7 Å². The van der Waals surface area contributed by atoms with Crippen molar-refractivity contribution in [1.29, 1.82) is 0 Å². The van der Waals surface area contributed by atoms with E-state index in [4.69, 9.17) is 11.6 Å². The molecule has 2 aliphatic rings. The maximum absolute atomic E-state index is 12.4. The lowest BCUT2D eigenvalue weighted by molar-refractivity contribution is -0.385. The zero-order valence-corrected chi connectivity index (χ0v) is 16.2. The highest BCUT2D eigenvalue weighted by Crippen LogP contribution is 2.27. The number of nitro benzene ring substituents is 1. The number of hydrogen-bond acceptors (Lipinski definition) is 5. The monoisotopic (exact) mass is 416 g/mol. The molecule has 2 fully saturated rings. The lowest BCUT2D eigenvalue weighted by atomic mass is 9.92. The summed E-state index contributed by atoms with van der Waals surface area (Å²) < 4.78 is 0. The number of hydrogen-bond donors (Lipinski definition) is 2. The lowest BCUT2D eigenvalue weighted by Gasteiger charge is -2.21. The Hall–Kier alpha value is -1.90. The highest BCUT2D eigenvalue weighted by atomic mass is 35.5. The van der Waals surface area contributed by atoms with Gasteiger partial charge in [0.2, 0.25) is 5.91 Å². The first-order chi connectivity index (χ1) is 12.5. The molecule has 148 valence electrons. The number of nitrogens with one attached hydrogen (secondary N) is 2. The van der Waals surface area contributed by atoms with Gasteiger partial charge in [-0.15, -0.1) is 12.4 Å². The molecule has 0 radical (unpaired) electrons. The van der Waals surface area contributed by atoms with Crippen LogP contribution in [0.3, 0.4) is 0 Å². The first kappa shape index (κ1) is 21.4. The Kier molecular flexibility index (Phi) is 7.41. The Labute approximate surface area is 168 Å². The summed E-state index contributed by atoms with van der Waals surface area (Å²) >= 11 is 5.94. The van der Waals surface area contributed by atoms with Gasteiger partial charge in [0.25, 0.3) is 11.6 Å². The lowest BCUT2D eigenvalue weighted by Crippen LogP contribution is -2.41. The van der Waals surface area contributed by atoms with Crippen LogP contribution >= 0.6 is 24.0 Å². The molecule has 2 atom stereocenters. The van der Waals surface area contributed by atoms with Crippen molar-refractivity contribution in [3.63, 3.8) is 0 Å². The third-order valence-electron chi connectivity index (χ3n) is 5.19. The van der Waals surface area contributed by atoms with Crippen molar-refractivity contribution >= 4 is 41.5 Å². The fourth-order valence-electron chi connectivity index (χ4n) is 3.71. The van der Waals surface area contributed by atoms with E-state index in [0.717, 1.165) is 25.9 Å². The molecule has 0 saturated carbocycles. The van der Waals surface area contributed by atoms with Crippen molar-refractivity contribution in [2.24, 2.45) is 11.8 Å². The van der Waals surface area contributed by atoms with Crippen LogP contribution in [0.5, 0.6) is 0 Å². The first-order valence-electron chi connectivity index (χ1n) is 8.67. The molecule has 2 N–H and O–H groups in total. The average Bonchev–Trinajstić information content (AvgIpc) is 2.97. The van der Waals surface area contributed by atoms with E-state index in [0.29, 0.717) is 24.9 Å². The van der Waals surface area contributed by atoms with Gasteiger partial charge in [-0.2, -0.15) is 0 Å². The number of nitrogens with zero attached hydrogens (tertiary/aromatic N) is 2. The Morgan fingerprint density at radius 3 is 2.48 bits per heavy atom. The van der Waals surface area contributed by atoms with Crippen LogP contribution in [-0.2, 0) is 4.79 Å². The number of carbonyl (C=O) groups excluding carboxylic acids is 2. The maximum atomic E-state index is 12.4. The summed E-state index contributed by atoms with van der Waals surface area (Å²) in [5.41, 5.74) is -0.596. The van der Waals surface area contributed by atoms with Crippen molar-refractivity contribution in [2.75, 3.05) is 32.7 Å². The number of halogens is 2. The molecule has 0 unspecified atom stereocenters. The molecule has 0 aliphatic carbocycles. The van der Waals surface area contributed by atoms with E-state index >= 15 is 0 Å². The van der Waals surface area contributed by atoms with Gasteiger partial charge in [0, 0.05) is 19.2 Å². The topological polar surface area (TPSA) is 105 Å². The maximum Gasteiger partial charge on any atom is 0.283 e. The van der Waals surface area contributed by atoms with Gasteiger partial charge in [-0.1, -0.05) is 17.7 Å². The minimum atomic E-state index is -0.716. The van der Waals surface area contributed by atoms with E-state index in [9.17, 15) is 19.7 Å². The molecule has 2 aliphatic heterocycles. The summed E-state index contributed by atoms with van der Waals surface area (Å²) in [6.45, 7) is 3.14. The molecule has 1 aromatic carbocycles. The molecular weight excluding hydrogens is 395 g/mol. The fraction of sp³-hybridized carbons (Fsp3) is 0.529. The number of likely N-dealkylation sites (tertiary alicyclic amines) is 1. The number of carbonyl (C=O) groups is 2. The van der Waals surface area contributed by atoms with Gasteiger partial charge < -0.3 is 15.5 Å². The minimum absolute atomic E-state index is 0. The summed E-state index contributed by atoms with van der Waals surface area (Å²) in [6, 6.07) is 4.03. The quantitative estimate of drug-likeness (QED) is 0.575. The SMILES string of the molecule is Cl.O=C(NCC(=O)N1CC[C@@H]2CNC[C@@H]2CC1)c1c(Cl)cccc1[N+](=O)[O-]. The van der Waals surface area contributed by atoms with Crippen LogP contribution in [0.1, 0.15) is 23.2 Å². The largest absolute Gasteiger partial charge is 0.343 e. The Bertz CT molecular complexity index is 717. The van der Waals surface area contributed by atoms with Gasteiger partial charge in [0.1, 0.15) is 5.56 Å². The molecule has 2 amide bonds. The second-order valence-corrected chi connectivity index (χ2v) is 7.12. The number of benzene rings is 1. The average molecular weight is 417 g/mol. The molecule has 0 bridgehead atoms. The molecule has 2 heterocycles. The number of amides is 2. The molecule has 1 aromatic rings. The van der Waals surface area contributed by atoms with Gasteiger partial charge in [-0.05, 0) is 43.8 Å². The minimum Gasteiger partial charge on any atom is -0.343 e. The summed E-state index contributed by atoms with van der Waals surface area (Å²) in [5, 5.41) is 16.9. The zero-order valence-electron chi connectivity index (χ0n) is 14.7. The van der Waals surface area contributed by atoms with Crippen molar-refractivity contribution in [2.45, 2.75) is 12.8 Å². The van der Waals surface area contributed by atoms with E-state index in [2.05, 4.69) is 10.6 Å². The van der Waals surface area contributed by atoms with Crippen LogP contribution in [0.4, 0.5) is 5.69 Å². The Morgan fingerprint density at radius 2 is 1.89 bits per heavy atom. The molecule has 10 heteroatoms. The van der Waals surface area contributed by atoms with Crippen LogP contribution in [0.2, 0.25) is 5.02 Å². The van der Waals surface area contributed by atoms with Crippen LogP contribution in [0.15, 0.2) is 18.2 Å². The summed E-state index contributed by atoms with van der Waals surface area (Å²) in [5.74, 6) is 0.314. The van der Waals surface area contributed by atoms with Gasteiger partial charge >= 0.3 is 0 Å². The molecule has 3 rings (SSSR count). The van der Waals surface area contributed by atoms with Crippen molar-refractivity contribution in [3.05, 3.63) is 38.9 Å². The van der Waals surface area contributed by atoms with Gasteiger partial charge in [-0.25, -0.2) is 0 Å². The fourth-order valence-corrected chi connectivity index (χ4v) is 3.97.